The van der Waals surface area contributed by atoms with Crippen molar-refractivity contribution >= 4 is 40.8 Å². The van der Waals surface area contributed by atoms with Gasteiger partial charge in [-0.2, -0.15) is 5.10 Å². The molecule has 0 aliphatic carbocycles. The minimum absolute atomic E-state index is 0.412. The van der Waals surface area contributed by atoms with Crippen molar-refractivity contribution in [3.63, 3.8) is 0 Å². The number of para-hydroxylation sites is 1. The Morgan fingerprint density at radius 3 is 2.07 bits per heavy atom. The van der Waals surface area contributed by atoms with Gasteiger partial charge in [0, 0.05) is 16.2 Å². The third-order valence-corrected chi connectivity index (χ3v) is 7.87. The number of hydrogen-bond donors (Lipinski definition) is 2. The van der Waals surface area contributed by atoms with Gasteiger partial charge in [-0.1, -0.05) is 84.6 Å². The molecule has 0 saturated carbocycles. The highest BCUT2D eigenvalue weighted by atomic mass is 32.4. The highest BCUT2D eigenvalue weighted by Crippen LogP contribution is 2.38. The Kier molecular flexibility index (Phi) is 6.58. The van der Waals surface area contributed by atoms with Crippen molar-refractivity contribution < 1.29 is 14.6 Å². The standard InChI is InChI=1S/C21H19N2O3PS/c24-21(25)16-26-20-14-8-7-9-17(20)15-22-23-27(28,18-10-3-1-4-11-18)19-12-5-2-6-13-19/h1-15H,16H2,(H,23,28)(H,24,25). The Labute approximate surface area is 168 Å². The van der Waals surface area contributed by atoms with E-state index in [-0.39, 0.29) is 0 Å². The van der Waals surface area contributed by atoms with Gasteiger partial charge < -0.3 is 9.84 Å². The molecule has 0 fully saturated rings. The number of carboxylic acid groups (broad SMARTS) is 1. The van der Waals surface area contributed by atoms with Crippen LogP contribution in [0.15, 0.2) is 90.0 Å². The summed E-state index contributed by atoms with van der Waals surface area (Å²) in [7, 11) is 0. The molecule has 7 heteroatoms. The molecule has 2 N–H and O–H groups in total. The second-order valence-electron chi connectivity index (χ2n) is 5.86. The molecule has 0 aliphatic rings. The van der Waals surface area contributed by atoms with Crippen LogP contribution in [0.4, 0.5) is 0 Å². The zero-order valence-corrected chi connectivity index (χ0v) is 16.6. The number of rotatable bonds is 8. The lowest BCUT2D eigenvalue weighted by Crippen LogP contribution is -2.24. The fourth-order valence-electron chi connectivity index (χ4n) is 2.58. The first-order chi connectivity index (χ1) is 13.6. The Balaban J connectivity index is 1.88. The van der Waals surface area contributed by atoms with Crippen molar-refractivity contribution in [1.29, 1.82) is 0 Å². The summed E-state index contributed by atoms with van der Waals surface area (Å²) in [6, 6.07) is 26.9. The van der Waals surface area contributed by atoms with Gasteiger partial charge in [-0.05, 0) is 12.1 Å². The highest BCUT2D eigenvalue weighted by molar-refractivity contribution is 8.20. The van der Waals surface area contributed by atoms with E-state index < -0.39 is 18.8 Å². The fraction of sp³-hybridized carbons (Fsp3) is 0.0476. The summed E-state index contributed by atoms with van der Waals surface area (Å²) >= 11 is 6.05. The van der Waals surface area contributed by atoms with E-state index in [1.165, 1.54) is 0 Å². The van der Waals surface area contributed by atoms with Gasteiger partial charge in [-0.25, -0.2) is 4.79 Å². The van der Waals surface area contributed by atoms with Crippen LogP contribution in [-0.4, -0.2) is 23.9 Å². The van der Waals surface area contributed by atoms with Crippen LogP contribution < -0.4 is 20.5 Å². The lowest BCUT2D eigenvalue weighted by molar-refractivity contribution is -0.139. The van der Waals surface area contributed by atoms with E-state index in [0.717, 1.165) is 10.6 Å². The summed E-state index contributed by atoms with van der Waals surface area (Å²) in [6.07, 6.45) is -0.755. The molecular formula is C21H19N2O3PS. The molecule has 3 aromatic rings. The predicted molar refractivity (Wildman–Crippen MR) is 117 cm³/mol. The van der Waals surface area contributed by atoms with E-state index in [1.807, 2.05) is 66.7 Å². The Morgan fingerprint density at radius 2 is 1.50 bits per heavy atom. The van der Waals surface area contributed by atoms with E-state index in [1.54, 1.807) is 24.4 Å². The smallest absolute Gasteiger partial charge is 0.341 e. The van der Waals surface area contributed by atoms with Crippen LogP contribution in [0.1, 0.15) is 5.56 Å². The van der Waals surface area contributed by atoms with Crippen molar-refractivity contribution in [2.45, 2.75) is 0 Å². The summed E-state index contributed by atoms with van der Waals surface area (Å²) in [5, 5.41) is 18.4. The summed E-state index contributed by atoms with van der Waals surface area (Å²) in [6.45, 7) is -0.412. The van der Waals surface area contributed by atoms with Crippen LogP contribution in [0, 0.1) is 0 Å². The van der Waals surface area contributed by atoms with Crippen LogP contribution in [0.25, 0.3) is 0 Å². The molecule has 0 bridgehead atoms. The van der Waals surface area contributed by atoms with Crippen molar-refractivity contribution in [1.82, 2.24) is 5.20 Å². The minimum atomic E-state index is -2.36. The quantitative estimate of drug-likeness (QED) is 0.339. The SMILES string of the molecule is O=C(O)COc1ccccc1C=NNP(=S)(c1ccccc1)c1ccccc1. The number of nitrogens with one attached hydrogen (secondary N) is 1. The molecule has 28 heavy (non-hydrogen) atoms. The maximum atomic E-state index is 10.8. The van der Waals surface area contributed by atoms with Gasteiger partial charge in [0.25, 0.3) is 0 Å². The van der Waals surface area contributed by atoms with Crippen molar-refractivity contribution in [3.8, 4) is 5.75 Å². The zero-order valence-electron chi connectivity index (χ0n) is 14.9. The van der Waals surface area contributed by atoms with E-state index in [2.05, 4.69) is 10.3 Å². The first-order valence-electron chi connectivity index (χ1n) is 8.55. The topological polar surface area (TPSA) is 70.9 Å². The van der Waals surface area contributed by atoms with E-state index >= 15 is 0 Å². The molecule has 0 radical (unpaired) electrons. The molecule has 142 valence electrons. The number of benzene rings is 3. The van der Waals surface area contributed by atoms with Gasteiger partial charge in [0.2, 0.25) is 0 Å². The minimum Gasteiger partial charge on any atom is -0.481 e. The van der Waals surface area contributed by atoms with Crippen LogP contribution in [-0.2, 0) is 16.6 Å². The molecule has 0 atom stereocenters. The second-order valence-corrected chi connectivity index (χ2v) is 9.95. The number of carboxylic acids is 1. The maximum Gasteiger partial charge on any atom is 0.341 e. The average molecular weight is 410 g/mol. The fourth-order valence-corrected chi connectivity index (χ4v) is 5.38. The van der Waals surface area contributed by atoms with Gasteiger partial charge in [-0.3, -0.25) is 5.20 Å². The van der Waals surface area contributed by atoms with E-state index in [9.17, 15) is 4.79 Å². The summed E-state index contributed by atoms with van der Waals surface area (Å²) in [5.41, 5.74) is 0.666. The average Bonchev–Trinajstić information content (AvgIpc) is 2.74. The summed E-state index contributed by atoms with van der Waals surface area (Å²) in [4.78, 5) is 10.8. The van der Waals surface area contributed by atoms with Gasteiger partial charge in [0.1, 0.15) is 11.9 Å². The van der Waals surface area contributed by atoms with Crippen LogP contribution in [0.2, 0.25) is 0 Å². The molecule has 0 amide bonds. The monoisotopic (exact) mass is 410 g/mol. The predicted octanol–water partition coefficient (Wildman–Crippen LogP) is 3.12. The number of nitrogens with zero attached hydrogens (tertiary/aromatic N) is 1. The third-order valence-electron chi connectivity index (χ3n) is 3.91. The van der Waals surface area contributed by atoms with Gasteiger partial charge >= 0.3 is 5.97 Å². The van der Waals surface area contributed by atoms with E-state index in [0.29, 0.717) is 11.3 Å². The van der Waals surface area contributed by atoms with Crippen molar-refractivity contribution in [3.05, 3.63) is 90.5 Å². The molecule has 5 nitrogen and oxygen atoms in total. The highest BCUT2D eigenvalue weighted by Gasteiger charge is 2.21. The number of carbonyl (C=O) groups is 1. The molecule has 0 heterocycles. The number of aliphatic carboxylic acids is 1. The molecular weight excluding hydrogens is 391 g/mol. The largest absolute Gasteiger partial charge is 0.481 e. The molecule has 0 unspecified atom stereocenters. The summed E-state index contributed by atoms with van der Waals surface area (Å²) in [5.74, 6) is -0.586. The summed E-state index contributed by atoms with van der Waals surface area (Å²) < 4.78 is 5.31. The lowest BCUT2D eigenvalue weighted by atomic mass is 10.2. The first kappa shape index (κ1) is 19.8. The normalized spacial score (nSPS) is 11.3. The zero-order chi connectivity index (χ0) is 19.8. The molecule has 0 aliphatic heterocycles. The van der Waals surface area contributed by atoms with Crippen molar-refractivity contribution in [2.24, 2.45) is 5.10 Å². The lowest BCUT2D eigenvalue weighted by Gasteiger charge is -2.22. The van der Waals surface area contributed by atoms with Crippen LogP contribution in [0.3, 0.4) is 0 Å². The van der Waals surface area contributed by atoms with Crippen LogP contribution in [0.5, 0.6) is 5.75 Å². The number of ether oxygens (including phenoxy) is 1. The first-order valence-corrected chi connectivity index (χ1v) is 11.3. The van der Waals surface area contributed by atoms with Crippen LogP contribution >= 0.6 is 6.19 Å². The maximum absolute atomic E-state index is 10.8. The number of hydrazone groups is 1. The number of hydrogen-bond acceptors (Lipinski definition) is 4. The molecule has 0 aromatic heterocycles. The molecule has 0 saturated heterocycles. The van der Waals surface area contributed by atoms with Gasteiger partial charge in [0.05, 0.1) is 6.21 Å². The van der Waals surface area contributed by atoms with Crippen molar-refractivity contribution in [2.75, 3.05) is 6.61 Å². The Bertz CT molecular complexity index is 967. The molecule has 3 rings (SSSR count). The molecule has 3 aromatic carbocycles. The Hall–Kier alpha value is -2.95. The van der Waals surface area contributed by atoms with E-state index in [4.69, 9.17) is 21.7 Å². The third kappa shape index (κ3) is 4.85. The second kappa shape index (κ2) is 9.31. The molecule has 0 spiro atoms. The Morgan fingerprint density at radius 1 is 0.964 bits per heavy atom. The van der Waals surface area contributed by atoms with Gasteiger partial charge in [-0.15, -0.1) is 0 Å². The van der Waals surface area contributed by atoms with Gasteiger partial charge in [0.15, 0.2) is 6.61 Å².